The molecule has 2 heterocycles. The Bertz CT molecular complexity index is 721. The minimum atomic E-state index is 0.0824. The predicted octanol–water partition coefficient (Wildman–Crippen LogP) is 2.37. The van der Waals surface area contributed by atoms with Gasteiger partial charge in [0.25, 0.3) is 0 Å². The van der Waals surface area contributed by atoms with Crippen molar-refractivity contribution in [3.63, 3.8) is 0 Å². The molecule has 6 nitrogen and oxygen atoms in total. The fourth-order valence-corrected chi connectivity index (χ4v) is 3.72. The lowest BCUT2D eigenvalue weighted by Gasteiger charge is -2.30. The molecule has 1 N–H and O–H groups in total. The summed E-state index contributed by atoms with van der Waals surface area (Å²) >= 11 is 0. The van der Waals surface area contributed by atoms with Gasteiger partial charge in [-0.2, -0.15) is 0 Å². The molecule has 0 aliphatic carbocycles. The molecule has 0 spiro atoms. The fraction of sp³-hybridized carbons (Fsp3) is 0.476. The van der Waals surface area contributed by atoms with E-state index in [1.807, 2.05) is 17.0 Å². The Morgan fingerprint density at radius 2 is 1.81 bits per heavy atom. The number of benzene rings is 1. The van der Waals surface area contributed by atoms with Crippen molar-refractivity contribution >= 4 is 5.91 Å². The van der Waals surface area contributed by atoms with Crippen molar-refractivity contribution < 1.29 is 9.90 Å². The van der Waals surface area contributed by atoms with Crippen LogP contribution in [0.2, 0.25) is 0 Å². The molecule has 1 aromatic heterocycles. The van der Waals surface area contributed by atoms with E-state index in [2.05, 4.69) is 27.0 Å². The quantitative estimate of drug-likeness (QED) is 0.848. The van der Waals surface area contributed by atoms with E-state index in [9.17, 15) is 4.79 Å². The van der Waals surface area contributed by atoms with Crippen LogP contribution in [0, 0.1) is 0 Å². The summed E-state index contributed by atoms with van der Waals surface area (Å²) in [5.41, 5.74) is 3.17. The van der Waals surface area contributed by atoms with Gasteiger partial charge < -0.3 is 10.0 Å². The zero-order chi connectivity index (χ0) is 19.1. The standard InChI is InChI=1S/C21H28N4O2/c1-17(27)25(14-20-11-22-16-23-12-20)21-3-2-9-24(10-8-21)13-18-4-6-19(15-26)7-5-18/h4-7,11-12,16,21,26H,2-3,8-10,13-15H2,1H3/t21-/m0/s1. The number of likely N-dealkylation sites (tertiary alicyclic amines) is 1. The van der Waals surface area contributed by atoms with Crippen molar-refractivity contribution in [2.24, 2.45) is 0 Å². The maximum Gasteiger partial charge on any atom is 0.219 e. The van der Waals surface area contributed by atoms with E-state index in [1.54, 1.807) is 19.3 Å². The molecule has 1 atom stereocenters. The maximum absolute atomic E-state index is 12.2. The van der Waals surface area contributed by atoms with Crippen molar-refractivity contribution in [1.82, 2.24) is 19.8 Å². The molecule has 0 unspecified atom stereocenters. The second-order valence-electron chi connectivity index (χ2n) is 7.23. The fourth-order valence-electron chi connectivity index (χ4n) is 3.72. The summed E-state index contributed by atoms with van der Waals surface area (Å²) in [7, 11) is 0. The van der Waals surface area contributed by atoms with Crippen LogP contribution in [0.25, 0.3) is 0 Å². The second kappa shape index (κ2) is 9.58. The van der Waals surface area contributed by atoms with E-state index in [0.717, 1.165) is 50.0 Å². The molecule has 0 bridgehead atoms. The predicted molar refractivity (Wildman–Crippen MR) is 104 cm³/mol. The molecular formula is C21H28N4O2. The van der Waals surface area contributed by atoms with Crippen LogP contribution in [-0.2, 0) is 24.5 Å². The molecule has 6 heteroatoms. The minimum absolute atomic E-state index is 0.0824. The summed E-state index contributed by atoms with van der Waals surface area (Å²) in [6.07, 6.45) is 8.14. The molecular weight excluding hydrogens is 340 g/mol. The number of aliphatic hydroxyl groups is 1. The molecule has 0 radical (unpaired) electrons. The average Bonchev–Trinajstić information content (AvgIpc) is 2.93. The number of amides is 1. The third kappa shape index (κ3) is 5.58. The van der Waals surface area contributed by atoms with E-state index in [-0.39, 0.29) is 18.6 Å². The van der Waals surface area contributed by atoms with Crippen molar-refractivity contribution in [3.05, 3.63) is 59.7 Å². The lowest BCUT2D eigenvalue weighted by Crippen LogP contribution is -2.39. The van der Waals surface area contributed by atoms with Crippen LogP contribution in [0.3, 0.4) is 0 Å². The van der Waals surface area contributed by atoms with Gasteiger partial charge in [0.1, 0.15) is 6.33 Å². The van der Waals surface area contributed by atoms with Gasteiger partial charge in [0.15, 0.2) is 0 Å². The van der Waals surface area contributed by atoms with Gasteiger partial charge in [-0.05, 0) is 36.9 Å². The van der Waals surface area contributed by atoms with E-state index >= 15 is 0 Å². The third-order valence-corrected chi connectivity index (χ3v) is 5.21. The first-order valence-electron chi connectivity index (χ1n) is 9.58. The van der Waals surface area contributed by atoms with E-state index in [1.165, 1.54) is 11.9 Å². The maximum atomic E-state index is 12.2. The Hall–Kier alpha value is -2.31. The number of rotatable bonds is 6. The lowest BCUT2D eigenvalue weighted by atomic mass is 10.1. The number of carbonyl (C=O) groups is 1. The molecule has 1 aromatic carbocycles. The van der Waals surface area contributed by atoms with Gasteiger partial charge in [0, 0.05) is 50.6 Å². The second-order valence-corrected chi connectivity index (χ2v) is 7.23. The van der Waals surface area contributed by atoms with Crippen LogP contribution < -0.4 is 0 Å². The Labute approximate surface area is 160 Å². The third-order valence-electron chi connectivity index (χ3n) is 5.21. The number of carbonyl (C=O) groups excluding carboxylic acids is 1. The van der Waals surface area contributed by atoms with E-state index in [0.29, 0.717) is 6.54 Å². The van der Waals surface area contributed by atoms with Gasteiger partial charge in [0.05, 0.1) is 6.61 Å². The highest BCUT2D eigenvalue weighted by molar-refractivity contribution is 5.73. The molecule has 1 amide bonds. The number of hydrogen-bond donors (Lipinski definition) is 1. The minimum Gasteiger partial charge on any atom is -0.392 e. The molecule has 1 aliphatic heterocycles. The van der Waals surface area contributed by atoms with Crippen LogP contribution in [0.15, 0.2) is 43.0 Å². The largest absolute Gasteiger partial charge is 0.392 e. The molecule has 1 fully saturated rings. The molecule has 27 heavy (non-hydrogen) atoms. The number of aromatic nitrogens is 2. The van der Waals surface area contributed by atoms with Gasteiger partial charge in [0.2, 0.25) is 5.91 Å². The zero-order valence-corrected chi connectivity index (χ0v) is 15.9. The van der Waals surface area contributed by atoms with Gasteiger partial charge in [-0.1, -0.05) is 24.3 Å². The van der Waals surface area contributed by atoms with Gasteiger partial charge in [-0.3, -0.25) is 9.69 Å². The van der Waals surface area contributed by atoms with E-state index in [4.69, 9.17) is 5.11 Å². The smallest absolute Gasteiger partial charge is 0.219 e. The Kier molecular flexibility index (Phi) is 6.90. The lowest BCUT2D eigenvalue weighted by molar-refractivity contribution is -0.132. The summed E-state index contributed by atoms with van der Waals surface area (Å²) in [6.45, 7) is 5.22. The summed E-state index contributed by atoms with van der Waals surface area (Å²) in [5.74, 6) is 0.108. The summed E-state index contributed by atoms with van der Waals surface area (Å²) in [4.78, 5) is 24.8. The SMILES string of the molecule is CC(=O)N(Cc1cncnc1)[C@H]1CCCN(Cc2ccc(CO)cc2)CC1. The zero-order valence-electron chi connectivity index (χ0n) is 15.9. The summed E-state index contributed by atoms with van der Waals surface area (Å²) in [5, 5.41) is 9.17. The van der Waals surface area contributed by atoms with Gasteiger partial charge in [-0.15, -0.1) is 0 Å². The molecule has 144 valence electrons. The monoisotopic (exact) mass is 368 g/mol. The first kappa shape index (κ1) is 19.5. The molecule has 3 rings (SSSR count). The van der Waals surface area contributed by atoms with Crippen LogP contribution in [-0.4, -0.2) is 49.9 Å². The van der Waals surface area contributed by atoms with Crippen molar-refractivity contribution in [2.75, 3.05) is 13.1 Å². The molecule has 2 aromatic rings. The van der Waals surface area contributed by atoms with E-state index < -0.39 is 0 Å². The Morgan fingerprint density at radius 3 is 2.48 bits per heavy atom. The Morgan fingerprint density at radius 1 is 1.11 bits per heavy atom. The number of aliphatic hydroxyl groups excluding tert-OH is 1. The highest BCUT2D eigenvalue weighted by Crippen LogP contribution is 2.20. The number of hydrogen-bond acceptors (Lipinski definition) is 5. The first-order chi connectivity index (χ1) is 13.2. The van der Waals surface area contributed by atoms with Gasteiger partial charge >= 0.3 is 0 Å². The molecule has 1 saturated heterocycles. The van der Waals surface area contributed by atoms with Crippen LogP contribution in [0.1, 0.15) is 42.9 Å². The van der Waals surface area contributed by atoms with Crippen LogP contribution >= 0.6 is 0 Å². The topological polar surface area (TPSA) is 69.6 Å². The molecule has 0 saturated carbocycles. The average molecular weight is 368 g/mol. The van der Waals surface area contributed by atoms with Crippen LogP contribution in [0.4, 0.5) is 0 Å². The molecule has 1 aliphatic rings. The van der Waals surface area contributed by atoms with Crippen molar-refractivity contribution in [3.8, 4) is 0 Å². The summed E-state index contributed by atoms with van der Waals surface area (Å²) in [6, 6.07) is 8.39. The highest BCUT2D eigenvalue weighted by atomic mass is 16.3. The first-order valence-corrected chi connectivity index (χ1v) is 9.58. The summed E-state index contributed by atoms with van der Waals surface area (Å²) < 4.78 is 0. The Balaban J connectivity index is 1.59. The van der Waals surface area contributed by atoms with Crippen molar-refractivity contribution in [2.45, 2.75) is 51.9 Å². The van der Waals surface area contributed by atoms with Gasteiger partial charge in [-0.25, -0.2) is 9.97 Å². The normalized spacial score (nSPS) is 18.1. The van der Waals surface area contributed by atoms with Crippen LogP contribution in [0.5, 0.6) is 0 Å². The number of nitrogens with zero attached hydrogens (tertiary/aromatic N) is 4. The van der Waals surface area contributed by atoms with Crippen molar-refractivity contribution in [1.29, 1.82) is 0 Å². The highest BCUT2D eigenvalue weighted by Gasteiger charge is 2.24.